The van der Waals surface area contributed by atoms with Gasteiger partial charge in [0.25, 0.3) is 60.7 Å². The van der Waals surface area contributed by atoms with E-state index in [-0.39, 0.29) is 309 Å². The average Bonchev–Trinajstić information content (AvgIpc) is 0.750. The van der Waals surface area contributed by atoms with Crippen LogP contribution in [0.3, 0.4) is 0 Å². The summed E-state index contributed by atoms with van der Waals surface area (Å²) in [6, 6.07) is 27.2. The van der Waals surface area contributed by atoms with Crippen LogP contribution < -0.4 is 31.1 Å². The molecule has 0 unspecified atom stereocenters. The van der Waals surface area contributed by atoms with Crippen molar-refractivity contribution in [3.63, 3.8) is 0 Å². The van der Waals surface area contributed by atoms with Crippen molar-refractivity contribution in [3.8, 4) is 11.5 Å². The number of nitrogens with one attached hydrogen (secondary N) is 4. The third kappa shape index (κ3) is 23.0. The van der Waals surface area contributed by atoms with Crippen LogP contribution in [0.15, 0.2) is 183 Å². The van der Waals surface area contributed by atoms with Crippen molar-refractivity contribution in [2.75, 3.05) is 83.7 Å². The molecule has 0 spiro atoms. The van der Waals surface area contributed by atoms with Gasteiger partial charge in [-0.05, 0) is 107 Å². The molecule has 2 aliphatic heterocycles. The standard InChI is InChI=1S/C60H52N16O22S6.6Na/c77-53-49-35(27-47(103(91,92)93)51(53)73-71-37-7-3-1-4-8-37)25-41(99(79,80)81)31-43(49)63-57-65-55(67-59(69-57)75-17-21-97-22-18-75)61-39-15-13-33(45(29-39)101(85,86)87)11-12-34-14-16-40(30-46(34)102(88,89)90)62-56-66-58(70-60(68-56)76-19-23-98-24-20-76)64-44-32-42(100(82,83)84)26-36-28-48(104(94,95)96)52(54(78)50(36)44)74-72-38-9-5-2-6-10-38;;;;;;/h1-16,25-32,77-78H,17-24H2,(H,79,80,81)(H,82,83,84)(H,85,86,87)(H,88,89,90)(H,91,92,93)(H,94,95,96)(H2,61,63,65,67,69)(H2,62,64,66,68,70);;;;;;. The van der Waals surface area contributed by atoms with Crippen molar-refractivity contribution < 1.29 is 97.5 Å². The molecular weight excluding hydrogens is 1630 g/mol. The maximum Gasteiger partial charge on any atom is 0.296 e. The molecule has 0 amide bonds. The molecule has 4 heterocycles. The Hall–Kier alpha value is -4.98. The fourth-order valence-electron chi connectivity index (χ4n) is 10.6. The number of benzene rings is 8. The topological polar surface area (TPSA) is 567 Å². The first-order chi connectivity index (χ1) is 49.1. The van der Waals surface area contributed by atoms with E-state index in [1.807, 2.05) is 0 Å². The number of hydrogen-bond acceptors (Lipinski definition) is 32. The van der Waals surface area contributed by atoms with Crippen molar-refractivity contribution in [2.45, 2.75) is 29.4 Å². The number of hydrogen-bond donors (Lipinski definition) is 12. The van der Waals surface area contributed by atoms with E-state index in [9.17, 15) is 88.0 Å². The number of morpholine rings is 2. The zero-order valence-electron chi connectivity index (χ0n) is 58.6. The summed E-state index contributed by atoms with van der Waals surface area (Å²) in [6.07, 6.45) is 2.16. The average molecular weight is 1680 g/mol. The molecule has 0 atom stereocenters. The molecule has 6 radical (unpaired) electrons. The van der Waals surface area contributed by atoms with Gasteiger partial charge in [-0.3, -0.25) is 27.3 Å². The fourth-order valence-corrected chi connectivity index (χ4v) is 14.4. The number of ether oxygens (including phenoxy) is 2. The Kier molecular flexibility index (Phi) is 33.0. The van der Waals surface area contributed by atoms with Crippen LogP contribution in [0, 0.1) is 0 Å². The normalized spacial score (nSPS) is 13.7. The molecule has 12 N–H and O–H groups in total. The molecule has 0 aliphatic carbocycles. The maximum atomic E-state index is 13.2. The van der Waals surface area contributed by atoms with Crippen molar-refractivity contribution >= 4 is 353 Å². The number of azo groups is 2. The molecule has 38 nitrogen and oxygen atoms in total. The first kappa shape index (κ1) is 93.9. The Morgan fingerprint density at radius 2 is 0.682 bits per heavy atom. The smallest absolute Gasteiger partial charge is 0.296 e. The van der Waals surface area contributed by atoms with Crippen molar-refractivity contribution in [2.24, 2.45) is 20.5 Å². The predicted octanol–water partition coefficient (Wildman–Crippen LogP) is 6.62. The van der Waals surface area contributed by atoms with E-state index in [0.29, 0.717) is 0 Å². The molecule has 2 fully saturated rings. The van der Waals surface area contributed by atoms with E-state index >= 15 is 0 Å². The number of phenolic OH excluding ortho intramolecular Hbond substituents is 2. The van der Waals surface area contributed by atoms with Gasteiger partial charge >= 0.3 is 0 Å². The van der Waals surface area contributed by atoms with Gasteiger partial charge in [-0.2, -0.15) is 90.6 Å². The monoisotopic (exact) mass is 1680 g/mol. The first-order valence-corrected chi connectivity index (χ1v) is 38.4. The van der Waals surface area contributed by atoms with Gasteiger partial charge in [0.1, 0.15) is 31.0 Å². The molecule has 50 heteroatoms. The molecular formula is C60H52N16Na6O22S6. The molecule has 12 rings (SSSR count). The Bertz CT molecular complexity index is 5620. The maximum absolute atomic E-state index is 13.2. The van der Waals surface area contributed by atoms with Gasteiger partial charge in [-0.25, -0.2) is 0 Å². The Morgan fingerprint density at radius 1 is 0.364 bits per heavy atom. The molecule has 2 saturated heterocycles. The SMILES string of the molecule is O=S(=O)(O)c1cc(Nc2nc(Nc3ccc(C=Cc4ccc(Nc5nc(Nc6cc(S(=O)(=O)O)cc7cc(S(=O)(=O)O)c(N=Nc8ccccc8)c(O)c67)nc(N6CCOCC6)n5)cc4S(=O)(=O)O)c(S(=O)(=O)O)c3)nc(N3CCOCC3)n2)c2c(O)c(N=Nc3ccccc3)c(S(=O)(=O)O)cc2c1.[Na].[Na].[Na].[Na].[Na].[Na]. The molecule has 2 aromatic heterocycles. The van der Waals surface area contributed by atoms with E-state index in [4.69, 9.17) is 9.47 Å². The summed E-state index contributed by atoms with van der Waals surface area (Å²) >= 11 is 0. The zero-order valence-corrected chi connectivity index (χ0v) is 75.5. The molecule has 10 aromatic rings. The predicted molar refractivity (Wildman–Crippen MR) is 407 cm³/mol. The van der Waals surface area contributed by atoms with Crippen LogP contribution in [0.2, 0.25) is 0 Å². The van der Waals surface area contributed by atoms with Crippen molar-refractivity contribution in [3.05, 3.63) is 145 Å². The van der Waals surface area contributed by atoms with E-state index in [0.717, 1.165) is 60.7 Å². The summed E-state index contributed by atoms with van der Waals surface area (Å²) in [5.74, 6) is -3.65. The fraction of sp³-hybridized carbons (Fsp3) is 0.133. The van der Waals surface area contributed by atoms with Gasteiger partial charge in [-0.1, -0.05) is 60.7 Å². The molecule has 546 valence electrons. The van der Waals surface area contributed by atoms with Gasteiger partial charge in [0.05, 0.1) is 59.0 Å². The minimum Gasteiger partial charge on any atom is -0.505 e. The third-order valence-corrected chi connectivity index (χ3v) is 20.5. The minimum absolute atomic E-state index is 0. The molecule has 2 aliphatic rings. The van der Waals surface area contributed by atoms with Crippen LogP contribution in [0.5, 0.6) is 11.5 Å². The van der Waals surface area contributed by atoms with Crippen LogP contribution >= 0.6 is 0 Å². The van der Waals surface area contributed by atoms with E-state index < -0.39 is 136 Å². The number of aromatic nitrogens is 6. The number of rotatable bonds is 22. The zero-order chi connectivity index (χ0) is 74.3. The van der Waals surface area contributed by atoms with Crippen LogP contribution in [-0.2, 0) is 70.2 Å². The van der Waals surface area contributed by atoms with E-state index in [1.54, 1.807) is 46.2 Å². The second kappa shape index (κ2) is 38.6. The van der Waals surface area contributed by atoms with Crippen LogP contribution in [0.4, 0.5) is 81.2 Å². The van der Waals surface area contributed by atoms with Gasteiger partial charge in [-0.15, -0.1) is 10.2 Å². The number of anilines is 10. The second-order valence-corrected chi connectivity index (χ2v) is 30.7. The van der Waals surface area contributed by atoms with Crippen LogP contribution in [0.1, 0.15) is 11.1 Å². The van der Waals surface area contributed by atoms with Gasteiger partial charge in [0.2, 0.25) is 35.7 Å². The number of aromatic hydroxyl groups is 2. The molecule has 0 bridgehead atoms. The molecule has 8 aromatic carbocycles. The van der Waals surface area contributed by atoms with Crippen LogP contribution in [0.25, 0.3) is 33.7 Å². The summed E-state index contributed by atoms with van der Waals surface area (Å²) in [6.45, 7) is 1.58. The number of phenols is 2. The Balaban J connectivity index is 0.00000315. The number of fused-ring (bicyclic) bond motifs is 2. The van der Waals surface area contributed by atoms with E-state index in [2.05, 4.69) is 71.6 Å². The van der Waals surface area contributed by atoms with Crippen molar-refractivity contribution in [1.82, 2.24) is 29.9 Å². The Labute approximate surface area is 759 Å². The summed E-state index contributed by atoms with van der Waals surface area (Å²) in [5, 5.41) is 49.0. The quantitative estimate of drug-likeness (QED) is 0.0147. The summed E-state index contributed by atoms with van der Waals surface area (Å²) in [4.78, 5) is 24.7. The van der Waals surface area contributed by atoms with Gasteiger partial charge < -0.3 is 50.8 Å². The molecule has 0 saturated carbocycles. The Morgan fingerprint density at radius 3 is 0.991 bits per heavy atom. The van der Waals surface area contributed by atoms with Crippen molar-refractivity contribution in [1.29, 1.82) is 0 Å². The minimum atomic E-state index is -5.24. The first-order valence-electron chi connectivity index (χ1n) is 29.8. The third-order valence-electron chi connectivity index (χ3n) is 15.3. The summed E-state index contributed by atoms with van der Waals surface area (Å²) in [7, 11) is -31.1. The number of nitrogens with zero attached hydrogens (tertiary/aromatic N) is 12. The second-order valence-electron chi connectivity index (χ2n) is 22.3. The van der Waals surface area contributed by atoms with Gasteiger partial charge in [0.15, 0.2) is 11.5 Å². The molecule has 110 heavy (non-hydrogen) atoms. The van der Waals surface area contributed by atoms with Crippen LogP contribution in [-0.4, -0.2) is 348 Å². The largest absolute Gasteiger partial charge is 0.505 e. The summed E-state index contributed by atoms with van der Waals surface area (Å²) in [5.41, 5.74) is -2.82. The van der Waals surface area contributed by atoms with E-state index in [1.165, 1.54) is 48.5 Å². The summed E-state index contributed by atoms with van der Waals surface area (Å²) < 4.78 is 228. The van der Waals surface area contributed by atoms with Gasteiger partial charge in [0, 0.05) is 226 Å².